The first-order valence-electron chi connectivity index (χ1n) is 7.63. The Morgan fingerprint density at radius 1 is 1.05 bits per heavy atom. The summed E-state index contributed by atoms with van der Waals surface area (Å²) in [4.78, 5) is 23.6. The van der Waals surface area contributed by atoms with Crippen LogP contribution in [0.2, 0.25) is 0 Å². The summed E-state index contributed by atoms with van der Waals surface area (Å²) in [6, 6.07) is 0. The van der Waals surface area contributed by atoms with Gasteiger partial charge in [-0.3, -0.25) is 9.59 Å². The molecular formula is C16H30O4. The molecule has 0 saturated carbocycles. The lowest BCUT2D eigenvalue weighted by atomic mass is 9.65. The lowest BCUT2D eigenvalue weighted by Gasteiger charge is -2.37. The zero-order valence-electron chi connectivity index (χ0n) is 13.5. The second-order valence-corrected chi connectivity index (χ2v) is 6.68. The van der Waals surface area contributed by atoms with Crippen molar-refractivity contribution >= 4 is 11.9 Å². The first-order chi connectivity index (χ1) is 9.17. The Hall–Kier alpha value is -1.06. The van der Waals surface area contributed by atoms with Crippen molar-refractivity contribution in [3.8, 4) is 0 Å². The van der Waals surface area contributed by atoms with Crippen molar-refractivity contribution in [3.63, 3.8) is 0 Å². The van der Waals surface area contributed by atoms with Crippen LogP contribution in [0.5, 0.6) is 0 Å². The van der Waals surface area contributed by atoms with E-state index < -0.39 is 23.3 Å². The lowest BCUT2D eigenvalue weighted by Crippen LogP contribution is -2.44. The van der Waals surface area contributed by atoms with E-state index in [0.717, 1.165) is 12.8 Å². The van der Waals surface area contributed by atoms with Crippen LogP contribution in [-0.4, -0.2) is 22.2 Å². The fourth-order valence-electron chi connectivity index (χ4n) is 3.02. The monoisotopic (exact) mass is 286 g/mol. The predicted octanol–water partition coefficient (Wildman–Crippen LogP) is 4.04. The van der Waals surface area contributed by atoms with Crippen LogP contribution < -0.4 is 0 Å². The molecule has 0 radical (unpaired) electrons. The molecule has 4 nitrogen and oxygen atoms in total. The smallest absolute Gasteiger partial charge is 0.310 e. The van der Waals surface area contributed by atoms with E-state index in [4.69, 9.17) is 0 Å². The fraction of sp³-hybridized carbons (Fsp3) is 0.875. The quantitative estimate of drug-likeness (QED) is 0.635. The second-order valence-electron chi connectivity index (χ2n) is 6.68. The van der Waals surface area contributed by atoms with Crippen LogP contribution in [0.4, 0.5) is 0 Å². The molecule has 0 saturated heterocycles. The van der Waals surface area contributed by atoms with E-state index >= 15 is 0 Å². The molecular weight excluding hydrogens is 256 g/mol. The van der Waals surface area contributed by atoms with Gasteiger partial charge in [0.2, 0.25) is 0 Å². The minimum Gasteiger partial charge on any atom is -0.481 e. The third-order valence-electron chi connectivity index (χ3n) is 3.85. The van der Waals surface area contributed by atoms with Crippen LogP contribution in [0, 0.1) is 23.2 Å². The maximum absolute atomic E-state index is 11.9. The second kappa shape index (κ2) is 8.28. The minimum absolute atomic E-state index is 0.164. The maximum Gasteiger partial charge on any atom is 0.310 e. The van der Waals surface area contributed by atoms with Gasteiger partial charge in [-0.15, -0.1) is 0 Å². The highest BCUT2D eigenvalue weighted by atomic mass is 16.4. The van der Waals surface area contributed by atoms with E-state index in [1.807, 2.05) is 34.6 Å². The number of rotatable bonds is 10. The highest BCUT2D eigenvalue weighted by Gasteiger charge is 2.49. The molecule has 0 heterocycles. The molecule has 0 amide bonds. The molecule has 0 aliphatic carbocycles. The summed E-state index contributed by atoms with van der Waals surface area (Å²) in [6.07, 6.45) is 2.91. The summed E-state index contributed by atoms with van der Waals surface area (Å²) in [5, 5.41) is 19.3. The normalized spacial score (nSPS) is 16.1. The van der Waals surface area contributed by atoms with Gasteiger partial charge < -0.3 is 10.2 Å². The van der Waals surface area contributed by atoms with E-state index in [-0.39, 0.29) is 11.8 Å². The van der Waals surface area contributed by atoms with Crippen LogP contribution in [0.3, 0.4) is 0 Å². The number of hydrogen-bond donors (Lipinski definition) is 2. The summed E-state index contributed by atoms with van der Waals surface area (Å²) in [5.74, 6) is -2.40. The molecule has 0 aliphatic heterocycles. The summed E-state index contributed by atoms with van der Waals surface area (Å²) in [7, 11) is 0. The number of carbonyl (C=O) groups is 2. The van der Waals surface area contributed by atoms with Gasteiger partial charge >= 0.3 is 11.9 Å². The Morgan fingerprint density at radius 2 is 1.60 bits per heavy atom. The molecule has 118 valence electrons. The predicted molar refractivity (Wildman–Crippen MR) is 79.6 cm³/mol. The average molecular weight is 286 g/mol. The lowest BCUT2D eigenvalue weighted by molar-refractivity contribution is -0.166. The van der Waals surface area contributed by atoms with Crippen LogP contribution in [0.25, 0.3) is 0 Å². The van der Waals surface area contributed by atoms with Gasteiger partial charge in [-0.2, -0.15) is 0 Å². The minimum atomic E-state index is -1.14. The number of carboxylic acid groups (broad SMARTS) is 2. The highest BCUT2D eigenvalue weighted by molar-refractivity contribution is 5.83. The summed E-state index contributed by atoms with van der Waals surface area (Å²) in [6.45, 7) is 9.80. The van der Waals surface area contributed by atoms with Crippen molar-refractivity contribution in [1.82, 2.24) is 0 Å². The van der Waals surface area contributed by atoms with Crippen molar-refractivity contribution in [2.45, 2.75) is 66.7 Å². The molecule has 2 unspecified atom stereocenters. The third kappa shape index (κ3) is 5.14. The Balaban J connectivity index is 5.59. The van der Waals surface area contributed by atoms with E-state index in [1.165, 1.54) is 0 Å². The third-order valence-corrected chi connectivity index (χ3v) is 3.85. The average Bonchev–Trinajstić information content (AvgIpc) is 2.30. The molecule has 0 spiro atoms. The number of hydrogen-bond acceptors (Lipinski definition) is 2. The molecule has 2 N–H and O–H groups in total. The van der Waals surface area contributed by atoms with Gasteiger partial charge in [0.05, 0.1) is 11.3 Å². The van der Waals surface area contributed by atoms with Crippen LogP contribution >= 0.6 is 0 Å². The largest absolute Gasteiger partial charge is 0.481 e. The standard InChI is InChI=1S/C16H30O4/c1-6-7-8-16(15(19)20,10-12(4)5)13(14(17)18)9-11(2)3/h11-13H,6-10H2,1-5H3,(H,17,18)(H,19,20). The van der Waals surface area contributed by atoms with Crippen LogP contribution in [0.15, 0.2) is 0 Å². The van der Waals surface area contributed by atoms with Gasteiger partial charge in [0.1, 0.15) is 0 Å². The van der Waals surface area contributed by atoms with Gasteiger partial charge in [0, 0.05) is 0 Å². The number of carboxylic acids is 2. The zero-order chi connectivity index (χ0) is 15.9. The topological polar surface area (TPSA) is 74.6 Å². The van der Waals surface area contributed by atoms with Crippen LogP contribution in [0.1, 0.15) is 66.7 Å². The van der Waals surface area contributed by atoms with Crippen molar-refractivity contribution in [2.24, 2.45) is 23.2 Å². The maximum atomic E-state index is 11.9. The fourth-order valence-corrected chi connectivity index (χ4v) is 3.02. The first kappa shape index (κ1) is 18.9. The molecule has 0 aromatic heterocycles. The van der Waals surface area contributed by atoms with Gasteiger partial charge in [0.25, 0.3) is 0 Å². The van der Waals surface area contributed by atoms with Crippen LogP contribution in [-0.2, 0) is 9.59 Å². The SMILES string of the molecule is CCCCC(CC(C)C)(C(=O)O)C(CC(C)C)C(=O)O. The summed E-state index contributed by atoms with van der Waals surface area (Å²) in [5.41, 5.74) is -1.14. The van der Waals surface area contributed by atoms with Crippen molar-refractivity contribution in [2.75, 3.05) is 0 Å². The molecule has 0 aromatic carbocycles. The molecule has 4 heteroatoms. The Bertz CT molecular complexity index is 322. The van der Waals surface area contributed by atoms with Crippen molar-refractivity contribution in [1.29, 1.82) is 0 Å². The van der Waals surface area contributed by atoms with Gasteiger partial charge in [-0.1, -0.05) is 47.5 Å². The Labute approximate surface area is 122 Å². The van der Waals surface area contributed by atoms with Gasteiger partial charge in [-0.05, 0) is 31.1 Å². The van der Waals surface area contributed by atoms with Gasteiger partial charge in [0.15, 0.2) is 0 Å². The van der Waals surface area contributed by atoms with E-state index in [1.54, 1.807) is 0 Å². The Kier molecular flexibility index (Phi) is 7.84. The number of aliphatic carboxylic acids is 2. The van der Waals surface area contributed by atoms with Gasteiger partial charge in [-0.25, -0.2) is 0 Å². The van der Waals surface area contributed by atoms with Crippen molar-refractivity contribution < 1.29 is 19.8 Å². The molecule has 0 aliphatic rings. The van der Waals surface area contributed by atoms with E-state index in [2.05, 4.69) is 0 Å². The Morgan fingerprint density at radius 3 is 1.90 bits per heavy atom. The molecule has 20 heavy (non-hydrogen) atoms. The van der Waals surface area contributed by atoms with E-state index in [0.29, 0.717) is 19.3 Å². The highest BCUT2D eigenvalue weighted by Crippen LogP contribution is 2.43. The first-order valence-corrected chi connectivity index (χ1v) is 7.63. The molecule has 0 rings (SSSR count). The molecule has 0 fully saturated rings. The van der Waals surface area contributed by atoms with Crippen molar-refractivity contribution in [3.05, 3.63) is 0 Å². The molecule has 0 aromatic rings. The zero-order valence-corrected chi connectivity index (χ0v) is 13.5. The molecule has 2 atom stereocenters. The summed E-state index contributed by atoms with van der Waals surface area (Å²) < 4.78 is 0. The van der Waals surface area contributed by atoms with E-state index in [9.17, 15) is 19.8 Å². The summed E-state index contributed by atoms with van der Waals surface area (Å²) >= 11 is 0. The molecule has 0 bridgehead atoms. The number of unbranched alkanes of at least 4 members (excludes halogenated alkanes) is 1.